The molecule has 1 aromatic carbocycles. The molecule has 0 aliphatic carbocycles. The van der Waals surface area contributed by atoms with Crippen LogP contribution in [0.3, 0.4) is 0 Å². The minimum absolute atomic E-state index is 0.196. The molecule has 0 aliphatic rings. The number of aromatic nitrogens is 1. The number of fused-ring (bicyclic) bond motifs is 1. The predicted molar refractivity (Wildman–Crippen MR) is 81.7 cm³/mol. The third-order valence-electron chi connectivity index (χ3n) is 3.12. The summed E-state index contributed by atoms with van der Waals surface area (Å²) in [5.41, 5.74) is 4.14. The van der Waals surface area contributed by atoms with Crippen molar-refractivity contribution in [3.8, 4) is 0 Å². The Morgan fingerprint density at radius 3 is 2.43 bits per heavy atom. The van der Waals surface area contributed by atoms with Crippen molar-refractivity contribution in [2.24, 2.45) is 0 Å². The summed E-state index contributed by atoms with van der Waals surface area (Å²) >= 11 is 0. The van der Waals surface area contributed by atoms with Gasteiger partial charge in [0.1, 0.15) is 11.1 Å². The molecular weight excluding hydrogens is 298 g/mol. The summed E-state index contributed by atoms with van der Waals surface area (Å²) in [6.45, 7) is 0. The van der Waals surface area contributed by atoms with Gasteiger partial charge in [-0.3, -0.25) is 25.4 Å². The predicted octanol–water partition coefficient (Wildman–Crippen LogP) is 1.26. The highest BCUT2D eigenvalue weighted by molar-refractivity contribution is 6.00. The van der Waals surface area contributed by atoms with Crippen LogP contribution >= 0.6 is 0 Å². The molecule has 0 spiro atoms. The lowest BCUT2D eigenvalue weighted by molar-refractivity contribution is 0.0844. The molecule has 2 heterocycles. The fourth-order valence-corrected chi connectivity index (χ4v) is 1.98. The van der Waals surface area contributed by atoms with Crippen molar-refractivity contribution in [2.45, 2.75) is 0 Å². The van der Waals surface area contributed by atoms with E-state index in [2.05, 4.69) is 15.8 Å². The van der Waals surface area contributed by atoms with Crippen LogP contribution in [0, 0.1) is 0 Å². The van der Waals surface area contributed by atoms with Gasteiger partial charge in [0.15, 0.2) is 0 Å². The van der Waals surface area contributed by atoms with Crippen LogP contribution in [-0.2, 0) is 0 Å². The van der Waals surface area contributed by atoms with Gasteiger partial charge in [0.05, 0.1) is 0 Å². The maximum Gasteiger partial charge on any atom is 0.349 e. The lowest BCUT2D eigenvalue weighted by atomic mass is 10.2. The second-order valence-electron chi connectivity index (χ2n) is 4.63. The zero-order valence-electron chi connectivity index (χ0n) is 11.8. The topological polar surface area (TPSA) is 101 Å². The Kier molecular flexibility index (Phi) is 3.84. The summed E-state index contributed by atoms with van der Waals surface area (Å²) in [7, 11) is 0. The van der Waals surface area contributed by atoms with E-state index in [0.29, 0.717) is 16.5 Å². The number of hydrogen-bond donors (Lipinski definition) is 2. The van der Waals surface area contributed by atoms with Crippen molar-refractivity contribution in [3.05, 3.63) is 76.4 Å². The van der Waals surface area contributed by atoms with Gasteiger partial charge in [-0.05, 0) is 24.3 Å². The van der Waals surface area contributed by atoms with Crippen LogP contribution in [0.1, 0.15) is 20.7 Å². The number of carbonyl (C=O) groups excluding carboxylic acids is 2. The Labute approximate surface area is 129 Å². The van der Waals surface area contributed by atoms with Gasteiger partial charge in [-0.15, -0.1) is 0 Å². The average molecular weight is 309 g/mol. The number of para-hydroxylation sites is 1. The number of rotatable bonds is 2. The zero-order valence-corrected chi connectivity index (χ0v) is 11.8. The highest BCUT2D eigenvalue weighted by Gasteiger charge is 2.14. The Morgan fingerprint density at radius 2 is 1.65 bits per heavy atom. The summed E-state index contributed by atoms with van der Waals surface area (Å²) in [5, 5.41) is 0.609. The summed E-state index contributed by atoms with van der Waals surface area (Å²) < 4.78 is 5.07. The zero-order chi connectivity index (χ0) is 16.2. The van der Waals surface area contributed by atoms with Crippen LogP contribution < -0.4 is 16.5 Å². The van der Waals surface area contributed by atoms with Gasteiger partial charge in [0.25, 0.3) is 11.8 Å². The number of hydrogen-bond acceptors (Lipinski definition) is 5. The van der Waals surface area contributed by atoms with E-state index >= 15 is 0 Å². The van der Waals surface area contributed by atoms with Crippen LogP contribution in [-0.4, -0.2) is 16.8 Å². The van der Waals surface area contributed by atoms with Gasteiger partial charge in [-0.1, -0.05) is 18.2 Å². The molecule has 0 atom stereocenters. The Morgan fingerprint density at radius 1 is 0.957 bits per heavy atom. The number of nitrogens with one attached hydrogen (secondary N) is 2. The van der Waals surface area contributed by atoms with E-state index < -0.39 is 17.4 Å². The average Bonchev–Trinajstić information content (AvgIpc) is 2.59. The van der Waals surface area contributed by atoms with Crippen LogP contribution in [0.25, 0.3) is 11.0 Å². The lowest BCUT2D eigenvalue weighted by Crippen LogP contribution is -2.43. The second kappa shape index (κ2) is 6.10. The first-order valence-electron chi connectivity index (χ1n) is 6.69. The van der Waals surface area contributed by atoms with E-state index in [4.69, 9.17) is 4.42 Å². The van der Waals surface area contributed by atoms with Crippen LogP contribution in [0.5, 0.6) is 0 Å². The Balaban J connectivity index is 1.77. The molecule has 0 unspecified atom stereocenters. The van der Waals surface area contributed by atoms with E-state index in [-0.39, 0.29) is 5.56 Å². The number of carbonyl (C=O) groups is 2. The second-order valence-corrected chi connectivity index (χ2v) is 4.63. The highest BCUT2D eigenvalue weighted by Crippen LogP contribution is 2.12. The molecule has 7 heteroatoms. The smallest absolute Gasteiger partial charge is 0.349 e. The SMILES string of the molecule is O=C(NNC(=O)c1cc2ccccc2oc1=O)c1ccncc1. The number of benzene rings is 1. The normalized spacial score (nSPS) is 10.3. The van der Waals surface area contributed by atoms with Crippen LogP contribution in [0.2, 0.25) is 0 Å². The molecule has 114 valence electrons. The van der Waals surface area contributed by atoms with E-state index in [1.54, 1.807) is 24.3 Å². The van der Waals surface area contributed by atoms with Crippen molar-refractivity contribution in [3.63, 3.8) is 0 Å². The first kappa shape index (κ1) is 14.5. The summed E-state index contributed by atoms with van der Waals surface area (Å²) in [6.07, 6.45) is 2.91. The molecule has 3 rings (SSSR count). The molecule has 2 N–H and O–H groups in total. The summed E-state index contributed by atoms with van der Waals surface area (Å²) in [5.74, 6) is -1.28. The van der Waals surface area contributed by atoms with E-state index in [0.717, 1.165) is 0 Å². The standard InChI is InChI=1S/C16H11N3O4/c20-14(10-5-7-17-8-6-10)18-19-15(21)12-9-11-3-1-2-4-13(11)23-16(12)22/h1-9H,(H,18,20)(H,19,21). The van der Waals surface area contributed by atoms with Crippen molar-refractivity contribution in [2.75, 3.05) is 0 Å². The molecule has 0 radical (unpaired) electrons. The molecule has 0 bridgehead atoms. The van der Waals surface area contributed by atoms with E-state index in [1.165, 1.54) is 30.6 Å². The molecule has 0 fully saturated rings. The van der Waals surface area contributed by atoms with Crippen LogP contribution in [0.15, 0.2) is 64.1 Å². The summed E-state index contributed by atoms with van der Waals surface area (Å²) in [6, 6.07) is 11.2. The van der Waals surface area contributed by atoms with Gasteiger partial charge in [-0.25, -0.2) is 4.79 Å². The molecule has 2 aromatic heterocycles. The quantitative estimate of drug-likeness (QED) is 0.548. The minimum Gasteiger partial charge on any atom is -0.422 e. The molecule has 7 nitrogen and oxygen atoms in total. The molecule has 0 aliphatic heterocycles. The number of amides is 2. The number of hydrazine groups is 1. The molecular formula is C16H11N3O4. The molecule has 0 saturated carbocycles. The van der Waals surface area contributed by atoms with E-state index in [9.17, 15) is 14.4 Å². The third kappa shape index (κ3) is 3.08. The fourth-order valence-electron chi connectivity index (χ4n) is 1.98. The monoisotopic (exact) mass is 309 g/mol. The van der Waals surface area contributed by atoms with Gasteiger partial charge in [-0.2, -0.15) is 0 Å². The molecule has 23 heavy (non-hydrogen) atoms. The van der Waals surface area contributed by atoms with Gasteiger partial charge < -0.3 is 4.42 Å². The van der Waals surface area contributed by atoms with Crippen molar-refractivity contribution < 1.29 is 14.0 Å². The molecule has 3 aromatic rings. The Hall–Kier alpha value is -3.48. The Bertz CT molecular complexity index is 935. The third-order valence-corrected chi connectivity index (χ3v) is 3.12. The van der Waals surface area contributed by atoms with Crippen molar-refractivity contribution in [1.82, 2.24) is 15.8 Å². The van der Waals surface area contributed by atoms with Crippen molar-refractivity contribution >= 4 is 22.8 Å². The highest BCUT2D eigenvalue weighted by atomic mass is 16.4. The van der Waals surface area contributed by atoms with Gasteiger partial charge >= 0.3 is 5.63 Å². The van der Waals surface area contributed by atoms with Crippen molar-refractivity contribution in [1.29, 1.82) is 0 Å². The maximum atomic E-state index is 12.0. The molecule has 0 saturated heterocycles. The van der Waals surface area contributed by atoms with E-state index in [1.807, 2.05) is 0 Å². The first-order chi connectivity index (χ1) is 11.1. The number of nitrogens with zero attached hydrogens (tertiary/aromatic N) is 1. The maximum absolute atomic E-state index is 12.0. The fraction of sp³-hybridized carbons (Fsp3) is 0. The lowest BCUT2D eigenvalue weighted by Gasteiger charge is -2.07. The molecule has 2 amide bonds. The van der Waals surface area contributed by atoms with Gasteiger partial charge in [0, 0.05) is 23.3 Å². The minimum atomic E-state index is -0.778. The van der Waals surface area contributed by atoms with Gasteiger partial charge in [0.2, 0.25) is 0 Å². The first-order valence-corrected chi connectivity index (χ1v) is 6.69. The largest absolute Gasteiger partial charge is 0.422 e. The van der Waals surface area contributed by atoms with Crippen LogP contribution in [0.4, 0.5) is 0 Å². The summed E-state index contributed by atoms with van der Waals surface area (Å²) in [4.78, 5) is 39.5. The number of pyridine rings is 1.